The number of hydrazine groups is 1. The predicted octanol–water partition coefficient (Wildman–Crippen LogP) is 1.63. The van der Waals surface area contributed by atoms with Crippen molar-refractivity contribution in [3.63, 3.8) is 0 Å². The van der Waals surface area contributed by atoms with E-state index in [1.807, 2.05) is 32.0 Å². The van der Waals surface area contributed by atoms with Crippen LogP contribution in [0.2, 0.25) is 0 Å². The number of hydrogen-bond donors (Lipinski definition) is 2. The summed E-state index contributed by atoms with van der Waals surface area (Å²) in [5, 5.41) is 0. The SMILES string of the molecule is Cc1cccc(C)c1C(CCCS(C)(=O)=O)NN. The summed E-state index contributed by atoms with van der Waals surface area (Å²) in [4.78, 5) is 0. The first-order chi connectivity index (χ1) is 8.35. The Bertz CT molecular complexity index is 477. The quantitative estimate of drug-likeness (QED) is 0.609. The van der Waals surface area contributed by atoms with E-state index < -0.39 is 9.84 Å². The van der Waals surface area contributed by atoms with Gasteiger partial charge in [-0.2, -0.15) is 0 Å². The molecule has 0 radical (unpaired) electrons. The smallest absolute Gasteiger partial charge is 0.147 e. The van der Waals surface area contributed by atoms with Crippen molar-refractivity contribution in [2.45, 2.75) is 32.7 Å². The van der Waals surface area contributed by atoms with Gasteiger partial charge in [-0.05, 0) is 43.4 Å². The zero-order chi connectivity index (χ0) is 13.8. The molecule has 0 aromatic heterocycles. The molecule has 0 aliphatic rings. The summed E-state index contributed by atoms with van der Waals surface area (Å²) in [6, 6.07) is 6.11. The van der Waals surface area contributed by atoms with Crippen molar-refractivity contribution in [1.82, 2.24) is 5.43 Å². The second-order valence-electron chi connectivity index (χ2n) is 4.80. The molecule has 102 valence electrons. The van der Waals surface area contributed by atoms with E-state index in [-0.39, 0.29) is 11.8 Å². The van der Waals surface area contributed by atoms with Gasteiger partial charge in [0.15, 0.2) is 0 Å². The molecular weight excluding hydrogens is 248 g/mol. The molecule has 1 aromatic carbocycles. The Morgan fingerprint density at radius 2 is 1.83 bits per heavy atom. The number of nitrogens with one attached hydrogen (secondary N) is 1. The van der Waals surface area contributed by atoms with Crippen molar-refractivity contribution in [2.75, 3.05) is 12.0 Å². The molecule has 0 amide bonds. The van der Waals surface area contributed by atoms with Crippen molar-refractivity contribution in [2.24, 2.45) is 5.84 Å². The average Bonchev–Trinajstić information content (AvgIpc) is 2.25. The van der Waals surface area contributed by atoms with Gasteiger partial charge >= 0.3 is 0 Å². The van der Waals surface area contributed by atoms with Gasteiger partial charge in [-0.25, -0.2) is 8.42 Å². The van der Waals surface area contributed by atoms with Crippen LogP contribution in [-0.2, 0) is 9.84 Å². The van der Waals surface area contributed by atoms with Crippen LogP contribution >= 0.6 is 0 Å². The molecule has 1 unspecified atom stereocenters. The van der Waals surface area contributed by atoms with Crippen molar-refractivity contribution >= 4 is 9.84 Å². The van der Waals surface area contributed by atoms with E-state index in [4.69, 9.17) is 5.84 Å². The highest BCUT2D eigenvalue weighted by Gasteiger charge is 2.15. The van der Waals surface area contributed by atoms with Crippen LogP contribution in [0, 0.1) is 13.8 Å². The maximum atomic E-state index is 11.1. The highest BCUT2D eigenvalue weighted by Crippen LogP contribution is 2.24. The summed E-state index contributed by atoms with van der Waals surface area (Å²) in [6.07, 6.45) is 2.59. The van der Waals surface area contributed by atoms with Gasteiger partial charge in [-0.1, -0.05) is 18.2 Å². The molecular formula is C13H22N2O2S. The number of rotatable bonds is 6. The molecule has 0 spiro atoms. The number of benzene rings is 1. The highest BCUT2D eigenvalue weighted by atomic mass is 32.2. The van der Waals surface area contributed by atoms with E-state index in [1.165, 1.54) is 22.9 Å². The topological polar surface area (TPSA) is 72.2 Å². The van der Waals surface area contributed by atoms with Gasteiger partial charge in [0.1, 0.15) is 9.84 Å². The molecule has 1 atom stereocenters. The van der Waals surface area contributed by atoms with E-state index in [0.29, 0.717) is 6.42 Å². The Kier molecular flexibility index (Phi) is 5.31. The molecule has 4 nitrogen and oxygen atoms in total. The molecule has 1 aromatic rings. The van der Waals surface area contributed by atoms with Gasteiger partial charge in [0, 0.05) is 18.1 Å². The van der Waals surface area contributed by atoms with E-state index in [9.17, 15) is 8.42 Å². The third kappa shape index (κ3) is 4.40. The van der Waals surface area contributed by atoms with Gasteiger partial charge in [0.25, 0.3) is 0 Å². The molecule has 18 heavy (non-hydrogen) atoms. The normalized spacial score (nSPS) is 13.6. The summed E-state index contributed by atoms with van der Waals surface area (Å²) < 4.78 is 22.2. The number of hydrogen-bond acceptors (Lipinski definition) is 4. The van der Waals surface area contributed by atoms with E-state index >= 15 is 0 Å². The summed E-state index contributed by atoms with van der Waals surface area (Å²) in [7, 11) is -2.90. The van der Waals surface area contributed by atoms with Crippen LogP contribution < -0.4 is 11.3 Å². The lowest BCUT2D eigenvalue weighted by atomic mass is 9.94. The lowest BCUT2D eigenvalue weighted by Crippen LogP contribution is -2.29. The molecule has 0 aliphatic heterocycles. The van der Waals surface area contributed by atoms with Crippen molar-refractivity contribution in [1.29, 1.82) is 0 Å². The second kappa shape index (κ2) is 6.31. The average molecular weight is 270 g/mol. The highest BCUT2D eigenvalue weighted by molar-refractivity contribution is 7.90. The third-order valence-corrected chi connectivity index (χ3v) is 4.13. The fourth-order valence-electron chi connectivity index (χ4n) is 2.24. The van der Waals surface area contributed by atoms with Gasteiger partial charge in [0.2, 0.25) is 0 Å². The lowest BCUT2D eigenvalue weighted by Gasteiger charge is -2.20. The number of aryl methyl sites for hydroxylation is 2. The maximum Gasteiger partial charge on any atom is 0.147 e. The second-order valence-corrected chi connectivity index (χ2v) is 7.06. The standard InChI is InChI=1S/C13H22N2O2S/c1-10-6-4-7-11(2)13(10)12(15-14)8-5-9-18(3,16)17/h4,6-7,12,15H,5,8-9,14H2,1-3H3. The molecule has 1 rings (SSSR count). The van der Waals surface area contributed by atoms with Crippen LogP contribution in [0.15, 0.2) is 18.2 Å². The molecule has 0 fully saturated rings. The van der Waals surface area contributed by atoms with Gasteiger partial charge in [0.05, 0.1) is 0 Å². The van der Waals surface area contributed by atoms with Crippen LogP contribution in [0.3, 0.4) is 0 Å². The fraction of sp³-hybridized carbons (Fsp3) is 0.538. The van der Waals surface area contributed by atoms with Crippen LogP contribution in [0.4, 0.5) is 0 Å². The predicted molar refractivity (Wildman–Crippen MR) is 74.9 cm³/mol. The minimum atomic E-state index is -2.90. The minimum Gasteiger partial charge on any atom is -0.271 e. The van der Waals surface area contributed by atoms with Gasteiger partial charge in [-0.15, -0.1) is 0 Å². The summed E-state index contributed by atoms with van der Waals surface area (Å²) in [5.41, 5.74) is 6.32. The first-order valence-electron chi connectivity index (χ1n) is 6.05. The largest absolute Gasteiger partial charge is 0.271 e. The van der Waals surface area contributed by atoms with Crippen LogP contribution in [-0.4, -0.2) is 20.4 Å². The Balaban J connectivity index is 2.78. The minimum absolute atomic E-state index is 0.00736. The Hall–Kier alpha value is -0.910. The first kappa shape index (κ1) is 15.1. The molecule has 3 N–H and O–H groups in total. The maximum absolute atomic E-state index is 11.1. The molecule has 0 aliphatic carbocycles. The van der Waals surface area contributed by atoms with Crippen molar-refractivity contribution in [3.05, 3.63) is 34.9 Å². The first-order valence-corrected chi connectivity index (χ1v) is 8.11. The summed E-state index contributed by atoms with van der Waals surface area (Å²) in [5.74, 6) is 5.80. The zero-order valence-corrected chi connectivity index (χ0v) is 12.0. The van der Waals surface area contributed by atoms with Crippen LogP contribution in [0.5, 0.6) is 0 Å². The molecule has 0 bridgehead atoms. The zero-order valence-electron chi connectivity index (χ0n) is 11.2. The van der Waals surface area contributed by atoms with Crippen molar-refractivity contribution < 1.29 is 8.42 Å². The molecule has 0 heterocycles. The van der Waals surface area contributed by atoms with Crippen LogP contribution in [0.1, 0.15) is 35.6 Å². The lowest BCUT2D eigenvalue weighted by molar-refractivity contribution is 0.503. The monoisotopic (exact) mass is 270 g/mol. The van der Waals surface area contributed by atoms with Gasteiger partial charge in [-0.3, -0.25) is 11.3 Å². The molecule has 0 saturated heterocycles. The molecule has 0 saturated carbocycles. The summed E-state index contributed by atoms with van der Waals surface area (Å²) in [6.45, 7) is 4.09. The number of nitrogens with two attached hydrogens (primary N) is 1. The number of sulfone groups is 1. The summed E-state index contributed by atoms with van der Waals surface area (Å²) >= 11 is 0. The van der Waals surface area contributed by atoms with Crippen LogP contribution in [0.25, 0.3) is 0 Å². The van der Waals surface area contributed by atoms with E-state index in [0.717, 1.165) is 6.42 Å². The Labute approximate surface area is 109 Å². The van der Waals surface area contributed by atoms with Crippen molar-refractivity contribution in [3.8, 4) is 0 Å². The fourth-order valence-corrected chi connectivity index (χ4v) is 2.93. The Morgan fingerprint density at radius 3 is 2.28 bits per heavy atom. The van der Waals surface area contributed by atoms with E-state index in [1.54, 1.807) is 0 Å². The Morgan fingerprint density at radius 1 is 1.28 bits per heavy atom. The molecule has 5 heteroatoms. The van der Waals surface area contributed by atoms with E-state index in [2.05, 4.69) is 5.43 Å². The third-order valence-electron chi connectivity index (χ3n) is 3.10. The van der Waals surface area contributed by atoms with Gasteiger partial charge < -0.3 is 0 Å².